The van der Waals surface area contributed by atoms with Crippen molar-refractivity contribution in [2.45, 2.75) is 25.6 Å². The van der Waals surface area contributed by atoms with Crippen molar-refractivity contribution in [1.29, 1.82) is 0 Å². The van der Waals surface area contributed by atoms with Gasteiger partial charge in [0, 0.05) is 5.69 Å². The van der Waals surface area contributed by atoms with Gasteiger partial charge in [0.25, 0.3) is 0 Å². The van der Waals surface area contributed by atoms with Crippen LogP contribution in [-0.4, -0.2) is 36.7 Å². The predicted octanol–water partition coefficient (Wildman–Crippen LogP) is 1.84. The number of hydrogen-bond acceptors (Lipinski definition) is 4. The van der Waals surface area contributed by atoms with Crippen molar-refractivity contribution in [3.63, 3.8) is 0 Å². The fourth-order valence-corrected chi connectivity index (χ4v) is 3.95. The van der Waals surface area contributed by atoms with Crippen LogP contribution in [0.5, 0.6) is 0 Å². The molecule has 3 heterocycles. The van der Waals surface area contributed by atoms with E-state index in [4.69, 9.17) is 9.47 Å². The average molecular weight is 313 g/mol. The monoisotopic (exact) mass is 313 g/mol. The highest BCUT2D eigenvalue weighted by Gasteiger charge is 2.67. The van der Waals surface area contributed by atoms with Crippen LogP contribution in [0.4, 0.5) is 5.69 Å². The summed E-state index contributed by atoms with van der Waals surface area (Å²) in [5.41, 5.74) is 1.29. The van der Waals surface area contributed by atoms with Crippen LogP contribution in [0.15, 0.2) is 36.4 Å². The summed E-state index contributed by atoms with van der Waals surface area (Å²) in [5, 5.41) is 0. The molecular weight excluding hydrogens is 294 g/mol. The average Bonchev–Trinajstić information content (AvgIpc) is 3.17. The number of carbonyl (C=O) groups excluding carboxylic acids is 2. The minimum atomic E-state index is -0.690. The Balaban J connectivity index is 1.68. The lowest BCUT2D eigenvalue weighted by molar-refractivity contribution is -0.151. The molecule has 1 aromatic carbocycles. The van der Waals surface area contributed by atoms with E-state index in [0.29, 0.717) is 13.2 Å². The first-order valence-electron chi connectivity index (χ1n) is 7.97. The minimum absolute atomic E-state index is 0.0567. The molecule has 23 heavy (non-hydrogen) atoms. The van der Waals surface area contributed by atoms with Crippen LogP contribution in [0, 0.1) is 18.8 Å². The fourth-order valence-electron chi connectivity index (χ4n) is 3.95. The number of anilines is 1. The highest BCUT2D eigenvalue weighted by atomic mass is 16.6. The third kappa shape index (κ3) is 1.96. The summed E-state index contributed by atoms with van der Waals surface area (Å²) < 4.78 is 11.2. The molecule has 0 N–H and O–H groups in total. The van der Waals surface area contributed by atoms with Crippen molar-refractivity contribution in [2.75, 3.05) is 18.1 Å². The van der Waals surface area contributed by atoms with Crippen LogP contribution in [0.25, 0.3) is 0 Å². The van der Waals surface area contributed by atoms with Gasteiger partial charge in [0.15, 0.2) is 0 Å². The van der Waals surface area contributed by atoms with Crippen LogP contribution in [-0.2, 0) is 19.1 Å². The summed E-state index contributed by atoms with van der Waals surface area (Å²) >= 11 is 0. The van der Waals surface area contributed by atoms with E-state index in [1.54, 1.807) is 11.8 Å². The summed E-state index contributed by atoms with van der Waals surface area (Å²) in [6.07, 6.45) is 3.50. The van der Waals surface area contributed by atoms with Gasteiger partial charge in [0.1, 0.15) is 11.5 Å². The van der Waals surface area contributed by atoms with Crippen molar-refractivity contribution >= 4 is 17.6 Å². The van der Waals surface area contributed by atoms with Crippen LogP contribution < -0.4 is 4.90 Å². The van der Waals surface area contributed by atoms with Gasteiger partial charge in [0.05, 0.1) is 25.2 Å². The number of fused-ring (bicyclic) bond motifs is 1. The molecule has 2 bridgehead atoms. The SMILES string of the molecule is CCOC(=O)[C@@H]1[C@@H]2C=C[C@]3(CN(c4ccc(C)cc4)C(=O)[C@H]13)O2. The molecule has 3 aliphatic heterocycles. The summed E-state index contributed by atoms with van der Waals surface area (Å²) in [4.78, 5) is 27.0. The fraction of sp³-hybridized carbons (Fsp3) is 0.444. The van der Waals surface area contributed by atoms with E-state index in [0.717, 1.165) is 11.3 Å². The molecule has 0 unspecified atom stereocenters. The molecule has 5 nitrogen and oxygen atoms in total. The molecule has 0 aliphatic carbocycles. The van der Waals surface area contributed by atoms with Crippen LogP contribution in [0.1, 0.15) is 12.5 Å². The highest BCUT2D eigenvalue weighted by Crippen LogP contribution is 2.52. The molecule has 2 saturated heterocycles. The number of carbonyl (C=O) groups is 2. The van der Waals surface area contributed by atoms with E-state index < -0.39 is 17.4 Å². The Bertz CT molecular complexity index is 695. The molecule has 1 spiro atoms. The maximum absolute atomic E-state index is 13.0. The largest absolute Gasteiger partial charge is 0.466 e. The maximum atomic E-state index is 13.0. The van der Waals surface area contributed by atoms with Gasteiger partial charge in [-0.15, -0.1) is 0 Å². The van der Waals surface area contributed by atoms with Gasteiger partial charge in [-0.3, -0.25) is 9.59 Å². The van der Waals surface area contributed by atoms with E-state index in [1.807, 2.05) is 43.3 Å². The Kier molecular flexibility index (Phi) is 3.10. The third-order valence-electron chi connectivity index (χ3n) is 5.00. The minimum Gasteiger partial charge on any atom is -0.466 e. The van der Waals surface area contributed by atoms with Gasteiger partial charge in [-0.25, -0.2) is 0 Å². The lowest BCUT2D eigenvalue weighted by atomic mass is 9.77. The van der Waals surface area contributed by atoms with E-state index in [9.17, 15) is 9.59 Å². The molecule has 1 amide bonds. The highest BCUT2D eigenvalue weighted by molar-refractivity contribution is 6.02. The van der Waals surface area contributed by atoms with Crippen molar-refractivity contribution in [1.82, 2.24) is 0 Å². The Morgan fingerprint density at radius 2 is 2.13 bits per heavy atom. The molecule has 1 aromatic rings. The van der Waals surface area contributed by atoms with Crippen molar-refractivity contribution in [3.8, 4) is 0 Å². The topological polar surface area (TPSA) is 55.8 Å². The normalized spacial score (nSPS) is 34.1. The molecule has 2 fully saturated rings. The molecule has 0 aromatic heterocycles. The van der Waals surface area contributed by atoms with Gasteiger partial charge < -0.3 is 14.4 Å². The molecule has 5 heteroatoms. The number of rotatable bonds is 3. The van der Waals surface area contributed by atoms with E-state index in [1.165, 1.54) is 0 Å². The molecule has 0 saturated carbocycles. The molecular formula is C18H19NO4. The zero-order chi connectivity index (χ0) is 16.2. The Morgan fingerprint density at radius 1 is 1.39 bits per heavy atom. The van der Waals surface area contributed by atoms with Gasteiger partial charge in [-0.05, 0) is 26.0 Å². The molecule has 4 rings (SSSR count). The van der Waals surface area contributed by atoms with Crippen molar-refractivity contribution in [3.05, 3.63) is 42.0 Å². The maximum Gasteiger partial charge on any atom is 0.312 e. The number of ether oxygens (including phenoxy) is 2. The number of aryl methyl sites for hydroxylation is 1. The van der Waals surface area contributed by atoms with Crippen LogP contribution >= 0.6 is 0 Å². The summed E-state index contributed by atoms with van der Waals surface area (Å²) in [6, 6.07) is 7.82. The van der Waals surface area contributed by atoms with E-state index >= 15 is 0 Å². The number of nitrogens with zero attached hydrogens (tertiary/aromatic N) is 1. The third-order valence-corrected chi connectivity index (χ3v) is 5.00. The number of amides is 1. The first-order valence-corrected chi connectivity index (χ1v) is 7.97. The second-order valence-corrected chi connectivity index (χ2v) is 6.41. The first kappa shape index (κ1) is 14.5. The summed E-state index contributed by atoms with van der Waals surface area (Å²) in [5.74, 6) is -1.42. The second kappa shape index (κ2) is 4.93. The number of esters is 1. The summed E-state index contributed by atoms with van der Waals surface area (Å²) in [6.45, 7) is 4.53. The number of hydrogen-bond donors (Lipinski definition) is 0. The van der Waals surface area contributed by atoms with Crippen molar-refractivity contribution in [2.24, 2.45) is 11.8 Å². The van der Waals surface area contributed by atoms with Crippen molar-refractivity contribution < 1.29 is 19.1 Å². The molecule has 0 radical (unpaired) electrons. The zero-order valence-corrected chi connectivity index (χ0v) is 13.2. The van der Waals surface area contributed by atoms with Gasteiger partial charge in [-0.1, -0.05) is 29.8 Å². The first-order chi connectivity index (χ1) is 11.1. The standard InChI is InChI=1S/C18H19NO4/c1-3-22-17(21)14-13-8-9-18(23-13)10-19(16(20)15(14)18)12-6-4-11(2)5-7-12/h4-9,13-15H,3,10H2,1-2H3/t13-,14+,15-,18+/m0/s1. The quantitative estimate of drug-likeness (QED) is 0.631. The lowest BCUT2D eigenvalue weighted by Crippen LogP contribution is -2.40. The van der Waals surface area contributed by atoms with Gasteiger partial charge in [-0.2, -0.15) is 0 Å². The Labute approximate surface area is 134 Å². The van der Waals surface area contributed by atoms with E-state index in [2.05, 4.69) is 0 Å². The molecule has 4 atom stereocenters. The zero-order valence-electron chi connectivity index (χ0n) is 13.2. The Morgan fingerprint density at radius 3 is 2.83 bits per heavy atom. The van der Waals surface area contributed by atoms with Gasteiger partial charge >= 0.3 is 5.97 Å². The van der Waals surface area contributed by atoms with Crippen LogP contribution in [0.3, 0.4) is 0 Å². The van der Waals surface area contributed by atoms with Gasteiger partial charge in [0.2, 0.25) is 5.91 Å². The smallest absolute Gasteiger partial charge is 0.312 e. The second-order valence-electron chi connectivity index (χ2n) is 6.41. The number of benzene rings is 1. The van der Waals surface area contributed by atoms with Crippen LogP contribution in [0.2, 0.25) is 0 Å². The molecule has 120 valence electrons. The Hall–Kier alpha value is -2.14. The lowest BCUT2D eigenvalue weighted by Gasteiger charge is -2.22. The predicted molar refractivity (Wildman–Crippen MR) is 83.9 cm³/mol. The summed E-state index contributed by atoms with van der Waals surface area (Å²) in [7, 11) is 0. The molecule has 3 aliphatic rings. The van der Waals surface area contributed by atoms with E-state index in [-0.39, 0.29) is 18.0 Å².